The smallest absolute Gasteiger partial charge is 0.287 e. The van der Waals surface area contributed by atoms with E-state index in [1.807, 2.05) is 6.26 Å². The van der Waals surface area contributed by atoms with Gasteiger partial charge in [-0.05, 0) is 61.6 Å². The summed E-state index contributed by atoms with van der Waals surface area (Å²) in [5.41, 5.74) is 0.312. The van der Waals surface area contributed by atoms with Gasteiger partial charge >= 0.3 is 0 Å². The van der Waals surface area contributed by atoms with Crippen LogP contribution in [0, 0.1) is 0 Å². The van der Waals surface area contributed by atoms with Crippen molar-refractivity contribution in [3.8, 4) is 0 Å². The van der Waals surface area contributed by atoms with Crippen LogP contribution < -0.4 is 15.4 Å². The number of hydrogen-bond acceptors (Lipinski definition) is 7. The molecule has 3 rings (SSSR count). The van der Waals surface area contributed by atoms with E-state index in [4.69, 9.17) is 4.42 Å². The Balaban J connectivity index is 1.70. The molecule has 1 atom stereocenters. The molecule has 2 aromatic rings. The Morgan fingerprint density at radius 2 is 2.03 bits per heavy atom. The van der Waals surface area contributed by atoms with Crippen molar-refractivity contribution >= 4 is 45.1 Å². The van der Waals surface area contributed by atoms with Crippen molar-refractivity contribution in [2.45, 2.75) is 43.0 Å². The molecule has 0 radical (unpaired) electrons. The molecule has 0 saturated carbocycles. The van der Waals surface area contributed by atoms with E-state index in [-0.39, 0.29) is 10.7 Å². The van der Waals surface area contributed by atoms with E-state index in [9.17, 15) is 18.0 Å². The molecule has 1 aromatic heterocycles. The molecule has 33 heavy (non-hydrogen) atoms. The van der Waals surface area contributed by atoms with E-state index in [0.29, 0.717) is 36.7 Å². The van der Waals surface area contributed by atoms with Gasteiger partial charge in [0.25, 0.3) is 15.9 Å². The van der Waals surface area contributed by atoms with E-state index in [2.05, 4.69) is 20.3 Å². The average molecular weight is 493 g/mol. The predicted octanol–water partition coefficient (Wildman–Crippen LogP) is 3.02. The van der Waals surface area contributed by atoms with Crippen LogP contribution in [0.1, 0.15) is 42.7 Å². The van der Waals surface area contributed by atoms with Crippen molar-refractivity contribution in [3.05, 3.63) is 48.4 Å². The lowest BCUT2D eigenvalue weighted by Gasteiger charge is -2.18. The molecule has 0 bridgehead atoms. The number of carbonyl (C=O) groups excluding carboxylic acids is 2. The normalized spacial score (nSPS) is 15.1. The second-order valence-corrected chi connectivity index (χ2v) is 10.2. The lowest BCUT2D eigenvalue weighted by Crippen LogP contribution is -2.44. The second kappa shape index (κ2) is 11.9. The summed E-state index contributed by atoms with van der Waals surface area (Å²) in [6, 6.07) is 8.29. The highest BCUT2D eigenvalue weighted by molar-refractivity contribution is 7.98. The molecule has 2 amide bonds. The number of amides is 2. The topological polar surface area (TPSA) is 130 Å². The number of amidine groups is 1. The number of nitrogens with one attached hydrogen (secondary N) is 3. The van der Waals surface area contributed by atoms with E-state index in [1.165, 1.54) is 24.5 Å². The maximum Gasteiger partial charge on any atom is 0.287 e. The van der Waals surface area contributed by atoms with Crippen LogP contribution in [-0.4, -0.2) is 50.7 Å². The molecule has 9 nitrogen and oxygen atoms in total. The third-order valence-corrected chi connectivity index (χ3v) is 7.04. The molecule has 0 fully saturated rings. The van der Waals surface area contributed by atoms with Crippen LogP contribution in [0.5, 0.6) is 0 Å². The molecule has 1 aliphatic heterocycles. The number of sulfonamides is 1. The Morgan fingerprint density at radius 1 is 1.18 bits per heavy atom. The standard InChI is InChI=1S/C22H28N4O5S2/c1-32-14-11-18(25-22(28)19-9-6-13-31-19)21(27)24-16-7-5-8-17(15-16)33(29,30)26-20-10-3-2-4-12-23-20/h5-9,13,15,18H,2-4,10-12,14H2,1H3,(H,23,26)(H,24,27)(H,25,28). The lowest BCUT2D eigenvalue weighted by molar-refractivity contribution is -0.118. The van der Waals surface area contributed by atoms with Gasteiger partial charge in [0.15, 0.2) is 5.76 Å². The fourth-order valence-electron chi connectivity index (χ4n) is 3.28. The maximum atomic E-state index is 12.9. The number of nitrogens with zero attached hydrogens (tertiary/aromatic N) is 1. The van der Waals surface area contributed by atoms with Crippen LogP contribution >= 0.6 is 11.8 Å². The van der Waals surface area contributed by atoms with Crippen molar-refractivity contribution in [2.24, 2.45) is 4.99 Å². The summed E-state index contributed by atoms with van der Waals surface area (Å²) >= 11 is 1.55. The largest absolute Gasteiger partial charge is 0.459 e. The van der Waals surface area contributed by atoms with Gasteiger partial charge in [0.2, 0.25) is 5.91 Å². The van der Waals surface area contributed by atoms with Gasteiger partial charge in [-0.1, -0.05) is 12.5 Å². The summed E-state index contributed by atoms with van der Waals surface area (Å²) < 4.78 is 33.3. The summed E-state index contributed by atoms with van der Waals surface area (Å²) in [4.78, 5) is 29.6. The quantitative estimate of drug-likeness (QED) is 0.493. The molecule has 3 N–H and O–H groups in total. The van der Waals surface area contributed by atoms with E-state index in [0.717, 1.165) is 19.3 Å². The number of thioether (sulfide) groups is 1. The highest BCUT2D eigenvalue weighted by Gasteiger charge is 2.23. The van der Waals surface area contributed by atoms with Crippen LogP contribution in [0.15, 0.2) is 57.0 Å². The monoisotopic (exact) mass is 492 g/mol. The first-order chi connectivity index (χ1) is 15.9. The second-order valence-electron chi connectivity index (χ2n) is 7.55. The molecule has 11 heteroatoms. The van der Waals surface area contributed by atoms with Crippen molar-refractivity contribution < 1.29 is 22.4 Å². The Bertz CT molecular complexity index is 1080. The van der Waals surface area contributed by atoms with Gasteiger partial charge in [0, 0.05) is 18.7 Å². The third kappa shape index (κ3) is 7.36. The highest BCUT2D eigenvalue weighted by Crippen LogP contribution is 2.17. The molecule has 1 aromatic carbocycles. The van der Waals surface area contributed by atoms with Crippen molar-refractivity contribution in [3.63, 3.8) is 0 Å². The number of furan rings is 1. The van der Waals surface area contributed by atoms with Gasteiger partial charge < -0.3 is 15.1 Å². The van der Waals surface area contributed by atoms with Gasteiger partial charge in [-0.15, -0.1) is 0 Å². The Kier molecular flexibility index (Phi) is 8.95. The van der Waals surface area contributed by atoms with Crippen LogP contribution in [0.25, 0.3) is 0 Å². The molecule has 0 saturated heterocycles. The zero-order valence-electron chi connectivity index (χ0n) is 18.4. The zero-order chi connectivity index (χ0) is 23.7. The van der Waals surface area contributed by atoms with E-state index < -0.39 is 27.9 Å². The number of benzene rings is 1. The minimum absolute atomic E-state index is 0.0209. The molecule has 1 unspecified atom stereocenters. The highest BCUT2D eigenvalue weighted by atomic mass is 32.2. The summed E-state index contributed by atoms with van der Waals surface area (Å²) in [6.45, 7) is 0.606. The van der Waals surface area contributed by atoms with Gasteiger partial charge in [-0.2, -0.15) is 11.8 Å². The summed E-state index contributed by atoms with van der Waals surface area (Å²) in [5.74, 6) is 0.277. The van der Waals surface area contributed by atoms with Gasteiger partial charge in [0.05, 0.1) is 11.2 Å². The Labute approximate surface area is 197 Å². The molecule has 0 spiro atoms. The molecular formula is C22H28N4O5S2. The fraction of sp³-hybridized carbons (Fsp3) is 0.409. The predicted molar refractivity (Wildman–Crippen MR) is 129 cm³/mol. The minimum atomic E-state index is -3.84. The van der Waals surface area contributed by atoms with Crippen molar-refractivity contribution in [1.82, 2.24) is 10.0 Å². The summed E-state index contributed by atoms with van der Waals surface area (Å²) in [5, 5.41) is 5.39. The van der Waals surface area contributed by atoms with Gasteiger partial charge in [-0.25, -0.2) is 8.42 Å². The van der Waals surface area contributed by atoms with Crippen LogP contribution in [0.2, 0.25) is 0 Å². The van der Waals surface area contributed by atoms with E-state index in [1.54, 1.807) is 30.0 Å². The Morgan fingerprint density at radius 3 is 2.79 bits per heavy atom. The molecule has 0 aliphatic carbocycles. The van der Waals surface area contributed by atoms with Gasteiger partial charge in [-0.3, -0.25) is 19.3 Å². The number of anilines is 1. The summed E-state index contributed by atoms with van der Waals surface area (Å²) in [6.07, 6.45) is 7.13. The zero-order valence-corrected chi connectivity index (χ0v) is 20.0. The fourth-order valence-corrected chi connectivity index (χ4v) is 4.89. The number of aliphatic imine (C=N–C) groups is 1. The van der Waals surface area contributed by atoms with E-state index >= 15 is 0 Å². The first-order valence-corrected chi connectivity index (χ1v) is 13.6. The Hall–Kier alpha value is -2.79. The summed E-state index contributed by atoms with van der Waals surface area (Å²) in [7, 11) is -3.84. The first kappa shape index (κ1) is 24.8. The van der Waals surface area contributed by atoms with Crippen molar-refractivity contribution in [2.75, 3.05) is 23.9 Å². The van der Waals surface area contributed by atoms with Crippen LogP contribution in [-0.2, 0) is 14.8 Å². The van der Waals surface area contributed by atoms with Crippen LogP contribution in [0.3, 0.4) is 0 Å². The number of hydrogen-bond donors (Lipinski definition) is 3. The molecular weight excluding hydrogens is 464 g/mol. The third-order valence-electron chi connectivity index (χ3n) is 5.02. The average Bonchev–Trinajstić information content (AvgIpc) is 3.22. The number of rotatable bonds is 9. The van der Waals surface area contributed by atoms with Crippen molar-refractivity contribution in [1.29, 1.82) is 0 Å². The van der Waals surface area contributed by atoms with Gasteiger partial charge in [0.1, 0.15) is 11.9 Å². The maximum absolute atomic E-state index is 12.9. The lowest BCUT2D eigenvalue weighted by atomic mass is 10.2. The number of carbonyl (C=O) groups is 2. The minimum Gasteiger partial charge on any atom is -0.459 e. The van der Waals surface area contributed by atoms with Crippen LogP contribution in [0.4, 0.5) is 5.69 Å². The first-order valence-electron chi connectivity index (χ1n) is 10.7. The molecule has 2 heterocycles. The molecule has 178 valence electrons. The SMILES string of the molecule is CSCCC(NC(=O)c1ccco1)C(=O)Nc1cccc(S(=O)(=O)NC2=NCCCCC2)c1. The molecule has 1 aliphatic rings.